The third kappa shape index (κ3) is 3.89. The Balaban J connectivity index is 2.18. The first-order chi connectivity index (χ1) is 12.1. The first kappa shape index (κ1) is 14.7. The molecule has 0 N–H and O–H groups in total. The number of nitrogens with zero attached hydrogens (tertiary/aromatic N) is 1. The van der Waals surface area contributed by atoms with Gasteiger partial charge in [-0.05, 0) is 0 Å². The van der Waals surface area contributed by atoms with Gasteiger partial charge in [-0.1, -0.05) is 0 Å². The van der Waals surface area contributed by atoms with E-state index in [9.17, 15) is 0 Å². The van der Waals surface area contributed by atoms with E-state index in [2.05, 4.69) is 72.5 Å². The zero-order chi connectivity index (χ0) is 19.1. The molecule has 2 aromatic carbocycles. The monoisotopic (exact) mass is 381 g/mol. The van der Waals surface area contributed by atoms with Gasteiger partial charge in [0.15, 0.2) is 0 Å². The molecule has 0 bridgehead atoms. The molecular weight excluding hydrogens is 351 g/mol. The van der Waals surface area contributed by atoms with Crippen LogP contribution in [0.1, 0.15) is 33.6 Å². The summed E-state index contributed by atoms with van der Waals surface area (Å²) in [4.78, 5) is 4.57. The van der Waals surface area contributed by atoms with Crippen LogP contribution in [0.4, 0.5) is 0 Å². The summed E-state index contributed by atoms with van der Waals surface area (Å²) in [5.41, 5.74) is 3.98. The Morgan fingerprint density at radius 3 is 2.50 bits per heavy atom. The van der Waals surface area contributed by atoms with E-state index in [0.717, 1.165) is 16.8 Å². The fraction of sp³-hybridized carbons (Fsp3) is 0.318. The Bertz CT molecular complexity index is 942. The van der Waals surface area contributed by atoms with Crippen molar-refractivity contribution in [2.45, 2.75) is 42.2 Å². The molecule has 0 aliphatic rings. The summed E-state index contributed by atoms with van der Waals surface area (Å²) in [5.74, 6) is 6.77. The van der Waals surface area contributed by atoms with Crippen LogP contribution in [0.25, 0.3) is 22.0 Å². The number of hydrogen-bond donors (Lipinski definition) is 0. The van der Waals surface area contributed by atoms with E-state index in [-0.39, 0.29) is 0 Å². The average molecular weight is 380 g/mol. The van der Waals surface area contributed by atoms with Crippen LogP contribution in [0.15, 0.2) is 54.7 Å². The van der Waals surface area contributed by atoms with Gasteiger partial charge in [-0.3, -0.25) is 0 Å². The fourth-order valence-corrected chi connectivity index (χ4v) is 5.21. The Morgan fingerprint density at radius 1 is 1.04 bits per heavy atom. The van der Waals surface area contributed by atoms with Gasteiger partial charge in [-0.2, -0.15) is 0 Å². The van der Waals surface area contributed by atoms with Crippen LogP contribution in [0.3, 0.4) is 0 Å². The normalized spacial score (nSPS) is 13.9. The molecule has 0 radical (unpaired) electrons. The van der Waals surface area contributed by atoms with E-state index in [0.29, 0.717) is 5.92 Å². The summed E-state index contributed by atoms with van der Waals surface area (Å²) >= 11 is -2.55. The van der Waals surface area contributed by atoms with Crippen LogP contribution < -0.4 is 0 Å². The molecule has 0 fully saturated rings. The van der Waals surface area contributed by atoms with Gasteiger partial charge in [0.25, 0.3) is 0 Å². The second-order valence-electron chi connectivity index (χ2n) is 7.75. The SMILES string of the molecule is [2H][C]([2H])(c1ccnc(-c2cc(C(C)C)c3ccccc3c2)c1)[Ge]([CH3])([CH3])[CH3]. The molecule has 2 heteroatoms. The fourth-order valence-electron chi connectivity index (χ4n) is 3.06. The van der Waals surface area contributed by atoms with Crippen LogP contribution in [0.5, 0.6) is 0 Å². The Morgan fingerprint density at radius 2 is 1.79 bits per heavy atom. The third-order valence-corrected chi connectivity index (χ3v) is 6.27. The quantitative estimate of drug-likeness (QED) is 0.475. The van der Waals surface area contributed by atoms with Gasteiger partial charge in [-0.15, -0.1) is 0 Å². The first-order valence-electron chi connectivity index (χ1n) is 9.61. The van der Waals surface area contributed by atoms with Crippen molar-refractivity contribution in [2.75, 3.05) is 0 Å². The van der Waals surface area contributed by atoms with Crippen molar-refractivity contribution in [3.8, 4) is 11.3 Å². The summed E-state index contributed by atoms with van der Waals surface area (Å²) in [6.07, 6.45) is 1.75. The molecule has 1 aromatic heterocycles. The van der Waals surface area contributed by atoms with E-state index >= 15 is 0 Å². The third-order valence-electron chi connectivity index (χ3n) is 4.09. The molecule has 0 atom stereocenters. The Hall–Kier alpha value is -1.61. The second kappa shape index (κ2) is 6.72. The van der Waals surface area contributed by atoms with Crippen LogP contribution >= 0.6 is 0 Å². The zero-order valence-corrected chi connectivity index (χ0v) is 17.3. The molecule has 1 nitrogen and oxygen atoms in total. The number of aromatic nitrogens is 1. The molecule has 0 spiro atoms. The molecule has 3 aromatic rings. The average Bonchev–Trinajstić information content (AvgIpc) is 2.59. The van der Waals surface area contributed by atoms with Gasteiger partial charge in [0.1, 0.15) is 0 Å². The predicted octanol–water partition coefficient (Wildman–Crippen LogP) is 6.45. The first-order valence-corrected chi connectivity index (χ1v) is 15.9. The molecule has 0 saturated heterocycles. The topological polar surface area (TPSA) is 12.9 Å². The molecular formula is C22H27GeN. The summed E-state index contributed by atoms with van der Waals surface area (Å²) in [7, 11) is 0. The molecule has 0 aliphatic carbocycles. The number of rotatable bonds is 4. The van der Waals surface area contributed by atoms with Crippen LogP contribution in [0.2, 0.25) is 17.3 Å². The van der Waals surface area contributed by atoms with Crippen molar-refractivity contribution in [3.05, 3.63) is 65.9 Å². The van der Waals surface area contributed by atoms with Crippen molar-refractivity contribution < 1.29 is 2.74 Å². The minimum absolute atomic E-state index is 0.416. The van der Waals surface area contributed by atoms with Crippen molar-refractivity contribution >= 4 is 24.0 Å². The predicted molar refractivity (Wildman–Crippen MR) is 108 cm³/mol. The van der Waals surface area contributed by atoms with E-state index in [1.54, 1.807) is 6.20 Å². The van der Waals surface area contributed by atoms with Gasteiger partial charge in [0.2, 0.25) is 0 Å². The van der Waals surface area contributed by atoms with E-state index in [4.69, 9.17) is 2.74 Å². The van der Waals surface area contributed by atoms with Gasteiger partial charge in [0.05, 0.1) is 0 Å². The molecule has 124 valence electrons. The zero-order valence-electron chi connectivity index (χ0n) is 17.2. The standard InChI is InChI=1S/C22H27GeN/c1-16(2)21-14-19(13-18-8-6-7-9-20(18)21)22-12-17(10-11-24-22)15-23(3,4)5/h6-14,16H,15H2,1-5H3/i15D2. The molecule has 0 aliphatic heterocycles. The number of fused-ring (bicyclic) bond motifs is 1. The van der Waals surface area contributed by atoms with E-state index in [1.807, 2.05) is 12.1 Å². The second-order valence-corrected chi connectivity index (χ2v) is 17.7. The van der Waals surface area contributed by atoms with Gasteiger partial charge in [0, 0.05) is 0 Å². The van der Waals surface area contributed by atoms with Crippen LogP contribution in [-0.4, -0.2) is 18.3 Å². The summed E-state index contributed by atoms with van der Waals surface area (Å²) in [6, 6.07) is 16.6. The molecule has 24 heavy (non-hydrogen) atoms. The van der Waals surface area contributed by atoms with Crippen LogP contribution in [-0.2, 0) is 5.21 Å². The number of hydrogen-bond acceptors (Lipinski definition) is 1. The molecule has 1 heterocycles. The number of benzene rings is 2. The maximum atomic E-state index is 8.64. The molecule has 0 amide bonds. The van der Waals surface area contributed by atoms with Crippen molar-refractivity contribution in [1.29, 1.82) is 0 Å². The van der Waals surface area contributed by atoms with Gasteiger partial charge < -0.3 is 0 Å². The summed E-state index contributed by atoms with van der Waals surface area (Å²) in [5, 5.41) is 1.25. The molecule has 0 unspecified atom stereocenters. The van der Waals surface area contributed by atoms with Crippen molar-refractivity contribution in [1.82, 2.24) is 4.98 Å². The van der Waals surface area contributed by atoms with E-state index < -0.39 is 18.5 Å². The minimum atomic E-state index is -2.55. The molecule has 3 rings (SSSR count). The van der Waals surface area contributed by atoms with E-state index in [1.165, 1.54) is 16.3 Å². The van der Waals surface area contributed by atoms with Crippen molar-refractivity contribution in [2.24, 2.45) is 0 Å². The summed E-state index contributed by atoms with van der Waals surface area (Å²) < 4.78 is 17.3. The molecule has 0 saturated carbocycles. The van der Waals surface area contributed by atoms with Crippen LogP contribution in [0, 0.1) is 0 Å². The number of pyridine rings is 1. The Labute approximate surface area is 151 Å². The van der Waals surface area contributed by atoms with Crippen molar-refractivity contribution in [3.63, 3.8) is 0 Å². The maximum absolute atomic E-state index is 8.64. The van der Waals surface area contributed by atoms with Gasteiger partial charge in [-0.25, -0.2) is 0 Å². The van der Waals surface area contributed by atoms with Gasteiger partial charge >= 0.3 is 151 Å². The summed E-state index contributed by atoms with van der Waals surface area (Å²) in [6.45, 7) is 4.42. The Kier molecular flexibility index (Phi) is 4.12.